The van der Waals surface area contributed by atoms with Gasteiger partial charge in [-0.3, -0.25) is 0 Å². The normalized spacial score (nSPS) is 16.0. The van der Waals surface area contributed by atoms with E-state index >= 15 is 0 Å². The van der Waals surface area contributed by atoms with Gasteiger partial charge in [0.05, 0.1) is 0 Å². The van der Waals surface area contributed by atoms with E-state index in [4.69, 9.17) is 4.74 Å². The summed E-state index contributed by atoms with van der Waals surface area (Å²) in [6.07, 6.45) is 8.40. The van der Waals surface area contributed by atoms with Gasteiger partial charge in [-0.05, 0) is 32.7 Å². The molecule has 2 aromatic rings. The van der Waals surface area contributed by atoms with E-state index in [0.717, 1.165) is 44.8 Å². The Balaban J connectivity index is 0.000000299. The lowest BCUT2D eigenvalue weighted by Crippen LogP contribution is -2.35. The van der Waals surface area contributed by atoms with Gasteiger partial charge in [-0.15, -0.1) is 0 Å². The van der Waals surface area contributed by atoms with E-state index in [9.17, 15) is 0 Å². The molecule has 34 heavy (non-hydrogen) atoms. The Kier molecular flexibility index (Phi) is 15.3. The lowest BCUT2D eigenvalue weighted by Gasteiger charge is -2.28. The molecule has 0 bridgehead atoms. The van der Waals surface area contributed by atoms with E-state index in [-0.39, 0.29) is 6.10 Å². The molecule has 3 N–H and O–H groups in total. The molecular weight excluding hydrogens is 430 g/mol. The van der Waals surface area contributed by atoms with Crippen LogP contribution in [-0.4, -0.2) is 83.3 Å². The van der Waals surface area contributed by atoms with Gasteiger partial charge in [0.2, 0.25) is 17.8 Å². The van der Waals surface area contributed by atoms with Gasteiger partial charge < -0.3 is 25.7 Å². The number of hydrogen-bond acceptors (Lipinski definition) is 10. The lowest BCUT2D eigenvalue weighted by molar-refractivity contribution is 0.110. The zero-order valence-electron chi connectivity index (χ0n) is 22.1. The van der Waals surface area contributed by atoms with Crippen molar-refractivity contribution < 1.29 is 4.74 Å². The summed E-state index contributed by atoms with van der Waals surface area (Å²) in [6, 6.07) is 3.68. The first-order valence-electron chi connectivity index (χ1n) is 12.5. The average molecular weight is 476 g/mol. The maximum atomic E-state index is 5.83. The number of anilines is 3. The maximum Gasteiger partial charge on any atom is 0.225 e. The highest BCUT2D eigenvalue weighted by atomic mass is 16.5. The Morgan fingerprint density at radius 1 is 0.824 bits per heavy atom. The second-order valence-corrected chi connectivity index (χ2v) is 7.41. The number of nitrogens with zero attached hydrogens (tertiary/aromatic N) is 6. The minimum Gasteiger partial charge on any atom is -0.474 e. The number of hydrazine groups is 1. The van der Waals surface area contributed by atoms with Crippen LogP contribution < -0.4 is 20.8 Å². The fourth-order valence-corrected chi connectivity index (χ4v) is 3.33. The number of likely N-dealkylation sites (tertiary alicyclic amines) is 1. The summed E-state index contributed by atoms with van der Waals surface area (Å²) in [5, 5.41) is 8.00. The van der Waals surface area contributed by atoms with Gasteiger partial charge in [-0.2, -0.15) is 9.97 Å². The van der Waals surface area contributed by atoms with Crippen LogP contribution in [0.1, 0.15) is 53.4 Å². The molecule has 0 aromatic carbocycles. The second kappa shape index (κ2) is 17.7. The number of ether oxygens (including phenoxy) is 1. The van der Waals surface area contributed by atoms with Crippen molar-refractivity contribution in [1.29, 1.82) is 0 Å². The van der Waals surface area contributed by atoms with Gasteiger partial charge in [0.1, 0.15) is 11.9 Å². The van der Waals surface area contributed by atoms with E-state index < -0.39 is 0 Å². The third kappa shape index (κ3) is 10.9. The summed E-state index contributed by atoms with van der Waals surface area (Å²) in [5.41, 5.74) is 3.26. The van der Waals surface area contributed by atoms with Crippen LogP contribution in [0.25, 0.3) is 0 Å². The molecule has 2 saturated heterocycles. The zero-order chi connectivity index (χ0) is 25.2. The smallest absolute Gasteiger partial charge is 0.225 e. The molecule has 4 rings (SSSR count). The van der Waals surface area contributed by atoms with Crippen LogP contribution in [0.2, 0.25) is 0 Å². The van der Waals surface area contributed by atoms with Gasteiger partial charge in [0.15, 0.2) is 0 Å². The molecule has 10 heteroatoms. The van der Waals surface area contributed by atoms with Crippen molar-refractivity contribution in [3.63, 3.8) is 0 Å². The third-order valence-electron chi connectivity index (χ3n) is 5.06. The molecule has 0 unspecified atom stereocenters. The highest BCUT2D eigenvalue weighted by Crippen LogP contribution is 2.17. The van der Waals surface area contributed by atoms with E-state index in [1.165, 1.54) is 12.8 Å². The average Bonchev–Trinajstić information content (AvgIpc) is 3.41. The van der Waals surface area contributed by atoms with Crippen LogP contribution >= 0.6 is 0 Å². The van der Waals surface area contributed by atoms with Crippen LogP contribution in [0.5, 0.6) is 5.88 Å². The van der Waals surface area contributed by atoms with Gasteiger partial charge in [-0.1, -0.05) is 27.7 Å². The lowest BCUT2D eigenvalue weighted by atomic mass is 10.1. The highest BCUT2D eigenvalue weighted by Gasteiger charge is 2.18. The van der Waals surface area contributed by atoms with Crippen molar-refractivity contribution in [1.82, 2.24) is 29.8 Å². The molecule has 0 amide bonds. The molecule has 2 aromatic heterocycles. The number of nitrogens with one attached hydrogen (secondary N) is 3. The summed E-state index contributed by atoms with van der Waals surface area (Å²) in [6.45, 7) is 12.4. The summed E-state index contributed by atoms with van der Waals surface area (Å²) >= 11 is 0. The molecule has 2 fully saturated rings. The van der Waals surface area contributed by atoms with E-state index in [2.05, 4.69) is 53.0 Å². The maximum absolute atomic E-state index is 5.83. The van der Waals surface area contributed by atoms with Crippen molar-refractivity contribution in [2.24, 2.45) is 0 Å². The van der Waals surface area contributed by atoms with Crippen molar-refractivity contribution in [3.8, 4) is 5.88 Å². The minimum absolute atomic E-state index is 0.288. The monoisotopic (exact) mass is 475 g/mol. The Hall–Kier alpha value is -2.72. The minimum atomic E-state index is 0.288. The molecule has 0 spiro atoms. The van der Waals surface area contributed by atoms with Crippen molar-refractivity contribution in [2.45, 2.75) is 59.5 Å². The van der Waals surface area contributed by atoms with Crippen molar-refractivity contribution in [3.05, 3.63) is 24.5 Å². The van der Waals surface area contributed by atoms with Gasteiger partial charge >= 0.3 is 0 Å². The van der Waals surface area contributed by atoms with Crippen molar-refractivity contribution in [2.75, 3.05) is 63.4 Å². The highest BCUT2D eigenvalue weighted by molar-refractivity contribution is 5.38. The number of hydrogen-bond donors (Lipinski definition) is 3. The van der Waals surface area contributed by atoms with Crippen LogP contribution in [0.3, 0.4) is 0 Å². The SMILES string of the molecule is CC.CC.CNc1nccc(NN2CCCC2)n1.CNc1nccc(OC2CCN(C)CC2)n1. The Labute approximate surface area is 205 Å². The molecule has 2 aliphatic rings. The molecule has 4 heterocycles. The standard InChI is InChI=1S/C11H18N4O.C9H15N5.2C2H6/c1-12-11-13-6-3-10(14-11)16-9-4-7-15(2)8-5-9;1-10-9-11-5-4-8(12-9)13-14-6-2-3-7-14;2*1-2/h3,6,9H,4-5,7-8H2,1-2H3,(H,12,13,14);4-5H,2-3,6-7H2,1H3,(H2,10,11,12,13);2*1-2H3. The molecule has 0 atom stereocenters. The first-order chi connectivity index (χ1) is 16.7. The van der Waals surface area contributed by atoms with Crippen LogP contribution in [0.4, 0.5) is 17.7 Å². The quantitative estimate of drug-likeness (QED) is 0.568. The summed E-state index contributed by atoms with van der Waals surface area (Å²) in [5.74, 6) is 2.76. The molecule has 2 aliphatic heterocycles. The van der Waals surface area contributed by atoms with E-state index in [0.29, 0.717) is 17.8 Å². The van der Waals surface area contributed by atoms with Crippen LogP contribution in [-0.2, 0) is 0 Å². The summed E-state index contributed by atoms with van der Waals surface area (Å²) in [7, 11) is 5.75. The van der Waals surface area contributed by atoms with Gasteiger partial charge in [0.25, 0.3) is 0 Å². The first-order valence-corrected chi connectivity index (χ1v) is 12.5. The molecule has 0 saturated carbocycles. The molecule has 0 radical (unpaired) electrons. The summed E-state index contributed by atoms with van der Waals surface area (Å²) < 4.78 is 5.83. The fraction of sp³-hybridized carbons (Fsp3) is 0.667. The summed E-state index contributed by atoms with van der Waals surface area (Å²) in [4.78, 5) is 18.9. The predicted molar refractivity (Wildman–Crippen MR) is 141 cm³/mol. The van der Waals surface area contributed by atoms with E-state index in [1.807, 2.05) is 40.8 Å². The topological polar surface area (TPSA) is 103 Å². The Morgan fingerprint density at radius 3 is 1.97 bits per heavy atom. The predicted octanol–water partition coefficient (Wildman–Crippen LogP) is 3.98. The second-order valence-electron chi connectivity index (χ2n) is 7.41. The fourth-order valence-electron chi connectivity index (χ4n) is 3.33. The van der Waals surface area contributed by atoms with E-state index in [1.54, 1.807) is 25.5 Å². The van der Waals surface area contributed by atoms with Crippen molar-refractivity contribution >= 4 is 17.7 Å². The van der Waals surface area contributed by atoms with Crippen LogP contribution in [0, 0.1) is 0 Å². The zero-order valence-corrected chi connectivity index (χ0v) is 22.1. The third-order valence-corrected chi connectivity index (χ3v) is 5.06. The number of aromatic nitrogens is 4. The van der Waals surface area contributed by atoms with Gasteiger partial charge in [0, 0.05) is 64.8 Å². The number of piperidine rings is 1. The molecule has 192 valence electrons. The first kappa shape index (κ1) is 29.3. The Morgan fingerprint density at radius 2 is 1.38 bits per heavy atom. The molecule has 10 nitrogen and oxygen atoms in total. The Bertz CT molecular complexity index is 764. The molecular formula is C24H45N9O. The van der Waals surface area contributed by atoms with Crippen LogP contribution in [0.15, 0.2) is 24.5 Å². The largest absolute Gasteiger partial charge is 0.474 e. The number of rotatable bonds is 6. The van der Waals surface area contributed by atoms with Gasteiger partial charge in [-0.25, -0.2) is 15.0 Å². The molecule has 0 aliphatic carbocycles.